The number of phosphoric acid groups is 2. The van der Waals surface area contributed by atoms with Crippen LogP contribution in [0, 0.1) is 0 Å². The highest BCUT2D eigenvalue weighted by molar-refractivity contribution is 7.60. The molecule has 1 fully saturated rings. The van der Waals surface area contributed by atoms with Gasteiger partial charge in [-0.05, 0) is 18.9 Å². The summed E-state index contributed by atoms with van der Waals surface area (Å²) in [6, 6.07) is 1.42. The molecule has 11 N–H and O–H groups in total. The molecule has 0 radical (unpaired) electrons. The van der Waals surface area contributed by atoms with Crippen LogP contribution in [0.25, 0.3) is 0 Å². The highest BCUT2D eigenvalue weighted by Gasteiger charge is 2.35. The van der Waals surface area contributed by atoms with E-state index in [1.807, 2.05) is 0 Å². The van der Waals surface area contributed by atoms with Gasteiger partial charge in [-0.15, -0.1) is 0 Å². The lowest BCUT2D eigenvalue weighted by Gasteiger charge is -2.17. The molecule has 0 aromatic carbocycles. The zero-order valence-electron chi connectivity index (χ0n) is 13.0. The number of nitrogens with zero attached hydrogens (tertiary/aromatic N) is 2. The van der Waals surface area contributed by atoms with Crippen molar-refractivity contribution >= 4 is 21.5 Å². The quantitative estimate of drug-likeness (QED) is 0.342. The maximum Gasteiger partial charge on any atom is 0.481 e. The fourth-order valence-corrected chi connectivity index (χ4v) is 3.61. The molecule has 1 saturated heterocycles. The van der Waals surface area contributed by atoms with E-state index in [-0.39, 0.29) is 18.1 Å². The highest BCUT2D eigenvalue weighted by atomic mass is 31.3. The second kappa shape index (κ2) is 8.96. The van der Waals surface area contributed by atoms with E-state index >= 15 is 0 Å². The molecule has 0 aliphatic carbocycles. The van der Waals surface area contributed by atoms with Crippen LogP contribution in [0.2, 0.25) is 0 Å². The summed E-state index contributed by atoms with van der Waals surface area (Å²) in [6.45, 7) is -0.443. The molecule has 1 aromatic rings. The van der Waals surface area contributed by atoms with Gasteiger partial charge in [-0.25, -0.2) is 13.9 Å². The summed E-state index contributed by atoms with van der Waals surface area (Å²) < 4.78 is 36.6. The van der Waals surface area contributed by atoms with Gasteiger partial charge < -0.3 is 37.5 Å². The van der Waals surface area contributed by atoms with E-state index in [4.69, 9.17) is 25.2 Å². The van der Waals surface area contributed by atoms with Crippen molar-refractivity contribution in [3.8, 4) is 0 Å². The minimum atomic E-state index is -5.16. The third-order valence-corrected chi connectivity index (χ3v) is 5.03. The van der Waals surface area contributed by atoms with Crippen molar-refractivity contribution in [2.24, 2.45) is 0 Å². The van der Waals surface area contributed by atoms with E-state index in [1.54, 1.807) is 0 Å². The molecule has 146 valence electrons. The van der Waals surface area contributed by atoms with Gasteiger partial charge in [0.05, 0.1) is 12.7 Å². The predicted octanol–water partition coefficient (Wildman–Crippen LogP) is 0.0534. The van der Waals surface area contributed by atoms with E-state index in [1.165, 1.54) is 16.8 Å². The van der Waals surface area contributed by atoms with Crippen LogP contribution in [-0.2, 0) is 22.7 Å². The number of hydrogen-bond acceptors (Lipinski definition) is 10. The van der Waals surface area contributed by atoms with Crippen molar-refractivity contribution in [1.82, 2.24) is 21.9 Å². The van der Waals surface area contributed by atoms with Gasteiger partial charge in [0.1, 0.15) is 12.0 Å². The van der Waals surface area contributed by atoms with Gasteiger partial charge in [0.15, 0.2) is 0 Å². The van der Waals surface area contributed by atoms with Crippen LogP contribution in [0.4, 0.5) is 5.82 Å². The van der Waals surface area contributed by atoms with Crippen LogP contribution in [0.3, 0.4) is 0 Å². The summed E-state index contributed by atoms with van der Waals surface area (Å²) in [6.07, 6.45) is 0.897. The van der Waals surface area contributed by atoms with Crippen LogP contribution in [0.5, 0.6) is 0 Å². The van der Waals surface area contributed by atoms with Crippen molar-refractivity contribution in [2.75, 3.05) is 12.3 Å². The number of hydrogen-bond donors (Lipinski definition) is 6. The van der Waals surface area contributed by atoms with Gasteiger partial charge in [0, 0.05) is 6.20 Å². The number of anilines is 1. The summed E-state index contributed by atoms with van der Waals surface area (Å²) in [4.78, 5) is 41.3. The molecule has 2 heterocycles. The lowest BCUT2D eigenvalue weighted by atomic mass is 10.2. The molecular formula is C9H21N5O9P2. The Kier molecular flexibility index (Phi) is 8.54. The van der Waals surface area contributed by atoms with Crippen LogP contribution in [0.15, 0.2) is 17.1 Å². The molecule has 0 saturated carbocycles. The molecule has 1 aromatic heterocycles. The molecule has 14 nitrogen and oxygen atoms in total. The second-order valence-corrected chi connectivity index (χ2v) is 7.50. The Balaban J connectivity index is 0.00000288. The normalized spacial score (nSPS) is 22.5. The van der Waals surface area contributed by atoms with E-state index in [0.29, 0.717) is 12.8 Å². The monoisotopic (exact) mass is 405 g/mol. The largest absolute Gasteiger partial charge is 0.481 e. The number of nitrogens with two attached hydrogens (primary N) is 1. The third kappa shape index (κ3) is 7.30. The van der Waals surface area contributed by atoms with Gasteiger partial charge in [-0.3, -0.25) is 9.09 Å². The van der Waals surface area contributed by atoms with Crippen LogP contribution < -0.4 is 23.7 Å². The minimum Gasteiger partial charge on any atom is -0.383 e. The lowest BCUT2D eigenvalue weighted by Crippen LogP contribution is -2.27. The first-order valence-electron chi connectivity index (χ1n) is 6.30. The van der Waals surface area contributed by atoms with E-state index < -0.39 is 40.3 Å². The van der Waals surface area contributed by atoms with E-state index in [2.05, 4.69) is 13.8 Å². The Morgan fingerprint density at radius 2 is 1.96 bits per heavy atom. The third-order valence-electron chi connectivity index (χ3n) is 2.88. The summed E-state index contributed by atoms with van der Waals surface area (Å²) in [7, 11) is -10.1. The maximum atomic E-state index is 11.7. The first kappa shape index (κ1) is 23.8. The maximum absolute atomic E-state index is 11.7. The smallest absolute Gasteiger partial charge is 0.383 e. The molecule has 1 aliphatic rings. The molecule has 1 aliphatic heterocycles. The van der Waals surface area contributed by atoms with Crippen molar-refractivity contribution in [3.05, 3.63) is 22.7 Å². The van der Waals surface area contributed by atoms with Crippen molar-refractivity contribution in [2.45, 2.75) is 25.2 Å². The molecular weight excluding hydrogens is 384 g/mol. The summed E-state index contributed by atoms with van der Waals surface area (Å²) >= 11 is 0. The Morgan fingerprint density at radius 3 is 2.52 bits per heavy atom. The van der Waals surface area contributed by atoms with E-state index in [0.717, 1.165) is 0 Å². The zero-order chi connectivity index (χ0) is 17.3. The van der Waals surface area contributed by atoms with Gasteiger partial charge in [0.25, 0.3) is 0 Å². The van der Waals surface area contributed by atoms with Crippen molar-refractivity contribution < 1.29 is 37.4 Å². The van der Waals surface area contributed by atoms with Gasteiger partial charge in [-0.2, -0.15) is 9.29 Å². The van der Waals surface area contributed by atoms with Gasteiger partial charge in [0.2, 0.25) is 0 Å². The van der Waals surface area contributed by atoms with Crippen LogP contribution in [-0.4, -0.2) is 36.9 Å². The molecule has 2 rings (SSSR count). The number of aromatic nitrogens is 2. The zero-order valence-corrected chi connectivity index (χ0v) is 14.8. The predicted molar refractivity (Wildman–Crippen MR) is 85.0 cm³/mol. The van der Waals surface area contributed by atoms with Crippen LogP contribution in [0.1, 0.15) is 19.1 Å². The molecule has 0 spiro atoms. The fraction of sp³-hybridized carbons (Fsp3) is 0.556. The molecule has 16 heteroatoms. The van der Waals surface area contributed by atoms with Crippen molar-refractivity contribution in [1.29, 1.82) is 0 Å². The highest BCUT2D eigenvalue weighted by Crippen LogP contribution is 2.57. The second-order valence-electron chi connectivity index (χ2n) is 4.67. The van der Waals surface area contributed by atoms with Gasteiger partial charge in [-0.1, -0.05) is 0 Å². The standard InChI is InChI=1S/C9H15N3O9P2.2H3N/c10-7-3-4-12(9(13)11-7)8-2-1-6(20-8)5-19-23(17,18)21-22(14,15)16;;/h3-4,6,8H,1-2,5H2,(H,17,18)(H2,10,11,13)(H2,14,15,16);2*1H3/t6-,8+;;/m1../s1. The average Bonchev–Trinajstić information content (AvgIpc) is 2.82. The average molecular weight is 405 g/mol. The molecule has 0 bridgehead atoms. The summed E-state index contributed by atoms with van der Waals surface area (Å²) in [5.41, 5.74) is 4.78. The first-order chi connectivity index (χ1) is 10.6. The van der Waals surface area contributed by atoms with Gasteiger partial charge >= 0.3 is 21.3 Å². The molecule has 3 atom stereocenters. The first-order valence-corrected chi connectivity index (χ1v) is 9.33. The Labute approximate surface area is 141 Å². The Hall–Kier alpha value is -1.18. The van der Waals surface area contributed by atoms with E-state index in [9.17, 15) is 13.9 Å². The summed E-state index contributed by atoms with van der Waals surface area (Å²) in [5, 5.41) is 0. The number of phosphoric ester groups is 1. The topological polar surface area (TPSA) is 253 Å². The molecule has 0 amide bonds. The Morgan fingerprint density at radius 1 is 1.32 bits per heavy atom. The SMILES string of the molecule is N.N.Nc1ccn([C@@H]2CC[C@H](COP(=O)(O)OP(=O)(O)O)O2)c(=O)n1. The minimum absolute atomic E-state index is 0. The number of nitrogen functional groups attached to an aromatic ring is 1. The molecule has 1 unspecified atom stereocenters. The number of rotatable bonds is 6. The fourth-order valence-electron chi connectivity index (χ4n) is 1.99. The Bertz CT molecular complexity index is 722. The van der Waals surface area contributed by atoms with Crippen LogP contribution >= 0.6 is 15.6 Å². The lowest BCUT2D eigenvalue weighted by molar-refractivity contribution is -0.0242. The number of ether oxygens (including phenoxy) is 1. The summed E-state index contributed by atoms with van der Waals surface area (Å²) in [5.74, 6) is 0.0694. The van der Waals surface area contributed by atoms with Crippen molar-refractivity contribution in [3.63, 3.8) is 0 Å². The molecule has 25 heavy (non-hydrogen) atoms.